The number of hydrogen-bond acceptors (Lipinski definition) is 1. The van der Waals surface area contributed by atoms with Gasteiger partial charge in [-0.1, -0.05) is 68.8 Å². The van der Waals surface area contributed by atoms with Crippen molar-refractivity contribution in [2.45, 2.75) is 69.9 Å². The third-order valence-corrected chi connectivity index (χ3v) is 7.64. The van der Waals surface area contributed by atoms with E-state index in [2.05, 4.69) is 81.5 Å². The summed E-state index contributed by atoms with van der Waals surface area (Å²) in [7, 11) is 0. The first kappa shape index (κ1) is 16.6. The molecule has 26 heavy (non-hydrogen) atoms. The van der Waals surface area contributed by atoms with Gasteiger partial charge < -0.3 is 0 Å². The Bertz CT molecular complexity index is 868. The zero-order valence-electron chi connectivity index (χ0n) is 16.6. The van der Waals surface area contributed by atoms with Crippen LogP contribution in [-0.2, 0) is 16.5 Å². The van der Waals surface area contributed by atoms with Gasteiger partial charge in [-0.25, -0.2) is 0 Å². The average Bonchev–Trinajstić information content (AvgIpc) is 3.25. The van der Waals surface area contributed by atoms with E-state index >= 15 is 0 Å². The smallest absolute Gasteiger partial charge is 0.0674 e. The Hall–Kier alpha value is -1.60. The van der Waals surface area contributed by atoms with E-state index in [0.29, 0.717) is 5.41 Å². The monoisotopic (exact) mass is 345 g/mol. The van der Waals surface area contributed by atoms with E-state index in [0.717, 1.165) is 11.8 Å². The third kappa shape index (κ3) is 2.07. The summed E-state index contributed by atoms with van der Waals surface area (Å²) in [5, 5.41) is 4.11. The van der Waals surface area contributed by atoms with Gasteiger partial charge in [0.1, 0.15) is 0 Å². The Morgan fingerprint density at radius 3 is 2.12 bits per heavy atom. The molecule has 0 amide bonds. The van der Waals surface area contributed by atoms with Gasteiger partial charge >= 0.3 is 0 Å². The van der Waals surface area contributed by atoms with Crippen LogP contribution >= 0.6 is 0 Å². The van der Waals surface area contributed by atoms with Crippen molar-refractivity contribution < 1.29 is 0 Å². The molecule has 0 saturated heterocycles. The van der Waals surface area contributed by atoms with E-state index < -0.39 is 0 Å². The van der Waals surface area contributed by atoms with Crippen molar-refractivity contribution in [1.29, 1.82) is 0 Å². The minimum atomic E-state index is -0.0830. The predicted molar refractivity (Wildman–Crippen MR) is 108 cm³/mol. The van der Waals surface area contributed by atoms with Gasteiger partial charge in [0.15, 0.2) is 0 Å². The largest absolute Gasteiger partial charge is 0.294 e. The maximum Gasteiger partial charge on any atom is 0.0674 e. The summed E-state index contributed by atoms with van der Waals surface area (Å²) in [4.78, 5) is 0. The second-order valence-electron chi connectivity index (χ2n) is 9.87. The van der Waals surface area contributed by atoms with Crippen molar-refractivity contribution in [2.75, 3.05) is 0 Å². The topological polar surface area (TPSA) is 12.0 Å². The molecule has 1 fully saturated rings. The number of rotatable bonds is 3. The summed E-state index contributed by atoms with van der Waals surface area (Å²) in [6.07, 6.45) is 5.30. The molecule has 2 aliphatic heterocycles. The lowest BCUT2D eigenvalue weighted by molar-refractivity contribution is 0.260. The fourth-order valence-electron chi connectivity index (χ4n) is 6.27. The Kier molecular flexibility index (Phi) is 3.33. The van der Waals surface area contributed by atoms with Gasteiger partial charge in [0.25, 0.3) is 0 Å². The van der Waals surface area contributed by atoms with Gasteiger partial charge in [-0.3, -0.25) is 5.32 Å². The zero-order chi connectivity index (χ0) is 18.2. The summed E-state index contributed by atoms with van der Waals surface area (Å²) < 4.78 is 0. The lowest BCUT2D eigenvalue weighted by Gasteiger charge is -2.39. The van der Waals surface area contributed by atoms with Crippen molar-refractivity contribution in [2.24, 2.45) is 11.8 Å². The molecule has 0 radical (unpaired) electrons. The summed E-state index contributed by atoms with van der Waals surface area (Å²) in [5.74, 6) is 1.58. The summed E-state index contributed by atoms with van der Waals surface area (Å²) in [6, 6.07) is 18.5. The summed E-state index contributed by atoms with van der Waals surface area (Å²) in [5.41, 5.74) is 6.55. The molecule has 0 unspecified atom stereocenters. The minimum absolute atomic E-state index is 0.0830. The van der Waals surface area contributed by atoms with E-state index in [4.69, 9.17) is 0 Å². The highest BCUT2D eigenvalue weighted by molar-refractivity contribution is 5.56. The molecular weight excluding hydrogens is 314 g/mol. The minimum Gasteiger partial charge on any atom is -0.294 e. The molecule has 1 nitrogen and oxygen atoms in total. The van der Waals surface area contributed by atoms with Gasteiger partial charge in [0.05, 0.1) is 5.54 Å². The van der Waals surface area contributed by atoms with E-state index in [-0.39, 0.29) is 11.1 Å². The molecule has 0 spiro atoms. The van der Waals surface area contributed by atoms with Crippen LogP contribution in [-0.4, -0.2) is 0 Å². The van der Waals surface area contributed by atoms with E-state index in [1.807, 2.05) is 0 Å². The molecule has 2 bridgehead atoms. The van der Waals surface area contributed by atoms with Crippen LogP contribution in [0.15, 0.2) is 48.5 Å². The Morgan fingerprint density at radius 1 is 0.885 bits per heavy atom. The maximum absolute atomic E-state index is 4.11. The van der Waals surface area contributed by atoms with Crippen molar-refractivity contribution in [3.05, 3.63) is 70.8 Å². The lowest BCUT2D eigenvalue weighted by atomic mass is 9.75. The number of fused-ring (bicyclic) bond motifs is 9. The first-order valence-corrected chi connectivity index (χ1v) is 10.4. The zero-order valence-corrected chi connectivity index (χ0v) is 16.6. The van der Waals surface area contributed by atoms with E-state index in [1.165, 1.54) is 42.4 Å². The van der Waals surface area contributed by atoms with Gasteiger partial charge in [0.2, 0.25) is 0 Å². The Morgan fingerprint density at radius 2 is 1.46 bits per heavy atom. The van der Waals surface area contributed by atoms with E-state index in [1.54, 1.807) is 5.56 Å². The van der Waals surface area contributed by atoms with Crippen LogP contribution in [0, 0.1) is 11.8 Å². The first-order chi connectivity index (χ1) is 12.4. The van der Waals surface area contributed by atoms with Gasteiger partial charge in [-0.2, -0.15) is 0 Å². The second-order valence-corrected chi connectivity index (χ2v) is 9.87. The number of benzene rings is 2. The maximum atomic E-state index is 4.11. The highest BCUT2D eigenvalue weighted by atomic mass is 15.1. The fourth-order valence-corrected chi connectivity index (χ4v) is 6.27. The van der Waals surface area contributed by atoms with Gasteiger partial charge in [-0.05, 0) is 72.6 Å². The van der Waals surface area contributed by atoms with Crippen LogP contribution in [0.5, 0.6) is 0 Å². The molecular formula is C25H31N. The fraction of sp³-hybridized carbons (Fsp3) is 0.520. The Balaban J connectivity index is 1.72. The Labute approximate surface area is 158 Å². The van der Waals surface area contributed by atoms with Crippen molar-refractivity contribution in [1.82, 2.24) is 5.32 Å². The van der Waals surface area contributed by atoms with Gasteiger partial charge in [0, 0.05) is 5.54 Å². The molecule has 5 rings (SSSR count). The molecule has 0 aromatic heterocycles. The van der Waals surface area contributed by atoms with Crippen LogP contribution in [0.2, 0.25) is 0 Å². The van der Waals surface area contributed by atoms with Crippen molar-refractivity contribution in [3.63, 3.8) is 0 Å². The molecule has 2 aromatic rings. The van der Waals surface area contributed by atoms with Crippen LogP contribution < -0.4 is 5.32 Å². The quantitative estimate of drug-likeness (QED) is 0.734. The summed E-state index contributed by atoms with van der Waals surface area (Å²) >= 11 is 0. The molecule has 3 aliphatic rings. The van der Waals surface area contributed by atoms with Crippen LogP contribution in [0.4, 0.5) is 0 Å². The molecule has 1 heteroatoms. The summed E-state index contributed by atoms with van der Waals surface area (Å²) in [6.45, 7) is 9.59. The third-order valence-electron chi connectivity index (χ3n) is 7.64. The molecule has 4 atom stereocenters. The molecule has 1 N–H and O–H groups in total. The average molecular weight is 346 g/mol. The first-order valence-electron chi connectivity index (χ1n) is 10.4. The normalized spacial score (nSPS) is 36.7. The SMILES string of the molecule is CC(C)CC[C@]12C[C@H]1C[C@@]1(C)N[C@@](C)(c3ccccc32)c2ccccc21. The van der Waals surface area contributed by atoms with Crippen LogP contribution in [0.25, 0.3) is 0 Å². The molecule has 1 saturated carbocycles. The highest BCUT2D eigenvalue weighted by Crippen LogP contribution is 2.66. The van der Waals surface area contributed by atoms with Crippen molar-refractivity contribution >= 4 is 0 Å². The van der Waals surface area contributed by atoms with Crippen LogP contribution in [0.1, 0.15) is 75.6 Å². The molecule has 2 aromatic carbocycles. The van der Waals surface area contributed by atoms with Crippen molar-refractivity contribution in [3.8, 4) is 0 Å². The lowest BCUT2D eigenvalue weighted by Crippen LogP contribution is -2.47. The van der Waals surface area contributed by atoms with E-state index in [9.17, 15) is 0 Å². The standard InChI is InChI=1S/C25H31N/c1-17(2)13-14-25-16-18(25)15-23(3)19-9-5-6-10-20(19)24(4,26-23)21-11-7-8-12-22(21)25/h5-12,17-18,26H,13-16H2,1-4H3/t18-,23-,24-,25+/m1/s1. The molecule has 136 valence electrons. The number of hydrogen-bond donors (Lipinski definition) is 1. The van der Waals surface area contributed by atoms with Crippen LogP contribution in [0.3, 0.4) is 0 Å². The molecule has 1 aliphatic carbocycles. The highest BCUT2D eigenvalue weighted by Gasteiger charge is 2.62. The number of nitrogens with one attached hydrogen (secondary N) is 1. The van der Waals surface area contributed by atoms with Gasteiger partial charge in [-0.15, -0.1) is 0 Å². The second kappa shape index (κ2) is 5.23. The predicted octanol–water partition coefficient (Wildman–Crippen LogP) is 5.87. The molecule has 2 heterocycles.